The normalized spacial score (nSPS) is 19.1. The first-order valence-corrected chi connectivity index (χ1v) is 11.9. The summed E-state index contributed by atoms with van der Waals surface area (Å²) in [5.74, 6) is 0. The Bertz CT molecular complexity index is 1120. The van der Waals surface area contributed by atoms with Gasteiger partial charge in [-0.2, -0.15) is 0 Å². The molecule has 0 aliphatic carbocycles. The number of likely N-dealkylation sites (tertiary alicyclic amines) is 1. The molecule has 174 valence electrons. The van der Waals surface area contributed by atoms with Crippen molar-refractivity contribution in [3.8, 4) is 0 Å². The van der Waals surface area contributed by atoms with E-state index in [1.54, 1.807) is 4.90 Å². The molecule has 3 aliphatic heterocycles. The largest absolute Gasteiger partial charge is 0.450 e. The molecule has 2 amide bonds. The zero-order chi connectivity index (χ0) is 23.0. The van der Waals surface area contributed by atoms with E-state index >= 15 is 0 Å². The van der Waals surface area contributed by atoms with Gasteiger partial charge in [0.15, 0.2) is 0 Å². The number of benzene rings is 2. The summed E-state index contributed by atoms with van der Waals surface area (Å²) < 4.78 is 10.6. The average Bonchev–Trinajstić information content (AvgIpc) is 2.84. The number of fused-ring (bicyclic) bond motifs is 5. The number of rotatable bonds is 2. The van der Waals surface area contributed by atoms with Crippen molar-refractivity contribution in [2.45, 2.75) is 38.6 Å². The van der Waals surface area contributed by atoms with Gasteiger partial charge in [-0.05, 0) is 61.1 Å². The molecule has 2 aromatic rings. The molecule has 1 N–H and O–H groups in total. The van der Waals surface area contributed by atoms with E-state index in [9.17, 15) is 9.59 Å². The Morgan fingerprint density at radius 2 is 1.64 bits per heavy atom. The van der Waals surface area contributed by atoms with Gasteiger partial charge in [0, 0.05) is 37.4 Å². The van der Waals surface area contributed by atoms with Crippen LogP contribution < -0.4 is 5.32 Å². The van der Waals surface area contributed by atoms with E-state index in [4.69, 9.17) is 9.47 Å². The third kappa shape index (κ3) is 3.69. The van der Waals surface area contributed by atoms with E-state index in [1.807, 2.05) is 18.7 Å². The topological polar surface area (TPSA) is 71.1 Å². The third-order valence-corrected chi connectivity index (χ3v) is 7.20. The number of hydrogen-bond donors (Lipinski definition) is 1. The van der Waals surface area contributed by atoms with Crippen molar-refractivity contribution < 1.29 is 19.1 Å². The van der Waals surface area contributed by atoms with E-state index in [0.29, 0.717) is 39.4 Å². The molecule has 7 heteroatoms. The number of piperidine rings is 1. The van der Waals surface area contributed by atoms with Crippen LogP contribution in [0.5, 0.6) is 0 Å². The molecule has 2 aromatic carbocycles. The molecule has 0 aromatic heterocycles. The summed E-state index contributed by atoms with van der Waals surface area (Å²) in [5, 5.41) is 6.32. The second-order valence-electron chi connectivity index (χ2n) is 8.93. The predicted molar refractivity (Wildman–Crippen MR) is 128 cm³/mol. The summed E-state index contributed by atoms with van der Waals surface area (Å²) in [6.07, 6.45) is 1.83. The number of nitrogens with zero attached hydrogens (tertiary/aromatic N) is 2. The molecular formula is C26H31N3O4. The number of carbonyl (C=O) groups is 2. The van der Waals surface area contributed by atoms with Crippen LogP contribution in [0, 0.1) is 0 Å². The summed E-state index contributed by atoms with van der Waals surface area (Å²) in [6.45, 7) is 6.83. The molecule has 1 fully saturated rings. The number of carbonyl (C=O) groups excluding carboxylic acids is 2. The number of anilines is 1. The molecule has 3 heterocycles. The number of hydrogen-bond acceptors (Lipinski definition) is 5. The highest BCUT2D eigenvalue weighted by atomic mass is 16.6. The maximum Gasteiger partial charge on any atom is 0.410 e. The highest BCUT2D eigenvalue weighted by Crippen LogP contribution is 2.49. The fraction of sp³-hybridized carbons (Fsp3) is 0.462. The van der Waals surface area contributed by atoms with Crippen LogP contribution in [0.3, 0.4) is 0 Å². The lowest BCUT2D eigenvalue weighted by molar-refractivity contribution is 0.0905. The van der Waals surface area contributed by atoms with Crippen molar-refractivity contribution in [2.75, 3.05) is 44.7 Å². The summed E-state index contributed by atoms with van der Waals surface area (Å²) in [4.78, 5) is 28.5. The Morgan fingerprint density at radius 3 is 2.36 bits per heavy atom. The van der Waals surface area contributed by atoms with Crippen LogP contribution in [-0.4, -0.2) is 66.9 Å². The van der Waals surface area contributed by atoms with Crippen LogP contribution in [0.2, 0.25) is 0 Å². The van der Waals surface area contributed by atoms with Crippen molar-refractivity contribution in [1.29, 1.82) is 0 Å². The standard InChI is InChI=1S/C26H31N3O4/c1-3-32-24(30)28-15-12-26(13-16-28)21-17-29(25(31)33-4-2)14-11-20(21)23-19-8-6-5-7-18(19)9-10-22(23)27-26/h5-10,27H,3-4,11-17H2,1-2H3. The Balaban J connectivity index is 1.56. The third-order valence-electron chi connectivity index (χ3n) is 7.20. The van der Waals surface area contributed by atoms with Gasteiger partial charge in [0.1, 0.15) is 0 Å². The summed E-state index contributed by atoms with van der Waals surface area (Å²) >= 11 is 0. The Labute approximate surface area is 194 Å². The van der Waals surface area contributed by atoms with Crippen molar-refractivity contribution in [3.63, 3.8) is 0 Å². The Kier molecular flexibility index (Phi) is 5.64. The summed E-state index contributed by atoms with van der Waals surface area (Å²) in [7, 11) is 0. The van der Waals surface area contributed by atoms with Crippen LogP contribution >= 0.6 is 0 Å². The van der Waals surface area contributed by atoms with Crippen LogP contribution in [0.1, 0.15) is 38.7 Å². The monoisotopic (exact) mass is 449 g/mol. The Morgan fingerprint density at radius 1 is 0.939 bits per heavy atom. The van der Waals surface area contributed by atoms with Crippen molar-refractivity contribution in [3.05, 3.63) is 47.5 Å². The van der Waals surface area contributed by atoms with Crippen LogP contribution in [0.25, 0.3) is 16.3 Å². The maximum atomic E-state index is 12.6. The highest BCUT2D eigenvalue weighted by Gasteiger charge is 2.46. The first-order chi connectivity index (χ1) is 16.1. The van der Waals surface area contributed by atoms with E-state index in [0.717, 1.165) is 24.9 Å². The molecule has 7 nitrogen and oxygen atoms in total. The van der Waals surface area contributed by atoms with Crippen molar-refractivity contribution in [1.82, 2.24) is 9.80 Å². The van der Waals surface area contributed by atoms with Gasteiger partial charge >= 0.3 is 12.2 Å². The minimum atomic E-state index is -0.293. The molecule has 1 spiro atoms. The fourth-order valence-electron chi connectivity index (χ4n) is 5.60. The number of amides is 2. The van der Waals surface area contributed by atoms with Crippen LogP contribution in [0.4, 0.5) is 15.3 Å². The molecule has 0 atom stereocenters. The smallest absolute Gasteiger partial charge is 0.410 e. The van der Waals surface area contributed by atoms with Gasteiger partial charge in [0.05, 0.1) is 18.8 Å². The van der Waals surface area contributed by atoms with Crippen molar-refractivity contribution in [2.24, 2.45) is 0 Å². The van der Waals surface area contributed by atoms with E-state index < -0.39 is 0 Å². The fourth-order valence-corrected chi connectivity index (χ4v) is 5.60. The molecule has 0 radical (unpaired) electrons. The number of nitrogens with one attached hydrogen (secondary N) is 1. The molecule has 0 saturated carbocycles. The predicted octanol–water partition coefficient (Wildman–Crippen LogP) is 4.87. The van der Waals surface area contributed by atoms with Crippen LogP contribution in [0.15, 0.2) is 42.0 Å². The van der Waals surface area contributed by atoms with Gasteiger partial charge in [-0.3, -0.25) is 0 Å². The second kappa shape index (κ2) is 8.61. The lowest BCUT2D eigenvalue weighted by Crippen LogP contribution is -2.56. The van der Waals surface area contributed by atoms with E-state index in [-0.39, 0.29) is 17.7 Å². The van der Waals surface area contributed by atoms with Gasteiger partial charge in [-0.25, -0.2) is 9.59 Å². The summed E-state index contributed by atoms with van der Waals surface area (Å²) in [6, 6.07) is 12.8. The number of ether oxygens (including phenoxy) is 2. The first-order valence-electron chi connectivity index (χ1n) is 11.9. The molecule has 0 unspecified atom stereocenters. The quantitative estimate of drug-likeness (QED) is 0.708. The molecular weight excluding hydrogens is 418 g/mol. The summed E-state index contributed by atoms with van der Waals surface area (Å²) in [5.41, 5.74) is 4.70. The highest BCUT2D eigenvalue weighted by molar-refractivity contribution is 6.02. The van der Waals surface area contributed by atoms with E-state index in [2.05, 4.69) is 41.7 Å². The van der Waals surface area contributed by atoms with Gasteiger partial charge in [0.25, 0.3) is 0 Å². The van der Waals surface area contributed by atoms with Crippen LogP contribution in [-0.2, 0) is 9.47 Å². The zero-order valence-corrected chi connectivity index (χ0v) is 19.4. The molecule has 5 rings (SSSR count). The zero-order valence-electron chi connectivity index (χ0n) is 19.4. The lowest BCUT2D eigenvalue weighted by atomic mass is 9.71. The molecule has 3 aliphatic rings. The molecule has 33 heavy (non-hydrogen) atoms. The van der Waals surface area contributed by atoms with Crippen molar-refractivity contribution >= 4 is 34.2 Å². The van der Waals surface area contributed by atoms with E-state index in [1.165, 1.54) is 27.5 Å². The van der Waals surface area contributed by atoms with Gasteiger partial charge in [-0.1, -0.05) is 30.3 Å². The van der Waals surface area contributed by atoms with Gasteiger partial charge in [0.2, 0.25) is 0 Å². The molecule has 1 saturated heterocycles. The minimum absolute atomic E-state index is 0.249. The average molecular weight is 450 g/mol. The second-order valence-corrected chi connectivity index (χ2v) is 8.93. The first kappa shape index (κ1) is 21.6. The minimum Gasteiger partial charge on any atom is -0.450 e. The van der Waals surface area contributed by atoms with Gasteiger partial charge < -0.3 is 24.6 Å². The Hall–Kier alpha value is -3.22. The van der Waals surface area contributed by atoms with Gasteiger partial charge in [-0.15, -0.1) is 0 Å². The lowest BCUT2D eigenvalue weighted by Gasteiger charge is -2.50. The maximum absolute atomic E-state index is 12.6. The SMILES string of the molecule is CCOC(=O)N1CCC2(CC1)Nc1ccc3ccccc3c1C1=C2CN(C(=O)OCC)CC1. The molecule has 0 bridgehead atoms.